The van der Waals surface area contributed by atoms with Crippen molar-refractivity contribution in [1.29, 1.82) is 0 Å². The summed E-state index contributed by atoms with van der Waals surface area (Å²) in [4.78, 5) is 42.7. The molecule has 11 heteroatoms. The molecule has 0 unspecified atom stereocenters. The second kappa shape index (κ2) is 11.3. The standard InChI is InChI=1S/2Mg.H3O4P.O3Si/c;;1-5(2,3)4;1-4(2)3/h;;(H3,1,2,3,4);/q2*+2;;-2/p-3. The monoisotopic (exact) mass is 219 g/mol. The Bertz CT molecular complexity index is 116. The van der Waals surface area contributed by atoms with Gasteiger partial charge in [-0.15, -0.1) is 0 Å². The molecule has 0 amide bonds. The van der Waals surface area contributed by atoms with Gasteiger partial charge >= 0.3 is 46.1 Å². The zero-order valence-corrected chi connectivity index (χ0v) is 9.94. The number of rotatable bonds is 0. The molecule has 7 nitrogen and oxygen atoms in total. The minimum absolute atomic E-state index is 0. The molecule has 0 aromatic rings. The van der Waals surface area contributed by atoms with E-state index in [0.717, 1.165) is 0 Å². The van der Waals surface area contributed by atoms with Gasteiger partial charge in [0.25, 0.3) is 0 Å². The largest absolute Gasteiger partial charge is 2.00 e. The van der Waals surface area contributed by atoms with Crippen molar-refractivity contribution in [2.24, 2.45) is 0 Å². The Morgan fingerprint density at radius 2 is 1.00 bits per heavy atom. The SMILES string of the molecule is O=P([O-])([O-])[O-].O=[Si]([O-])[O-].[Mg+2].[Mg+2]. The number of hydrogen-bond donors (Lipinski definition) is 0. The fraction of sp³-hybridized carbons (Fsp3) is 0. The molecule has 0 radical (unpaired) electrons. The maximum atomic E-state index is 8.55. The minimum atomic E-state index is -5.39. The maximum absolute atomic E-state index is 8.55. The van der Waals surface area contributed by atoms with E-state index in [1.165, 1.54) is 0 Å². The van der Waals surface area contributed by atoms with Gasteiger partial charge < -0.3 is 33.3 Å². The molecule has 56 valence electrons. The first-order chi connectivity index (χ1) is 3.73. The van der Waals surface area contributed by atoms with Crippen LogP contribution in [0.25, 0.3) is 0 Å². The first-order valence-corrected chi connectivity index (χ1v) is 4.03. The second-order valence-electron chi connectivity index (χ2n) is 0.697. The molecule has 0 aromatic carbocycles. The van der Waals surface area contributed by atoms with Gasteiger partial charge in [0.1, 0.15) is 0 Å². The van der Waals surface area contributed by atoms with Gasteiger partial charge in [-0.25, -0.2) is 0 Å². The smallest absolute Gasteiger partial charge is 0.822 e. The first kappa shape index (κ1) is 22.8. The summed E-state index contributed by atoms with van der Waals surface area (Å²) in [5.74, 6) is 0. The van der Waals surface area contributed by atoms with Crippen molar-refractivity contribution >= 4 is 63.1 Å². The van der Waals surface area contributed by atoms with E-state index in [1.807, 2.05) is 0 Å². The van der Waals surface area contributed by atoms with Crippen molar-refractivity contribution in [3.8, 4) is 0 Å². The van der Waals surface area contributed by atoms with Crippen LogP contribution >= 0.6 is 7.82 Å². The molecule has 0 spiro atoms. The Hall–Kier alpha value is 1.26. The van der Waals surface area contributed by atoms with Crippen molar-refractivity contribution in [1.82, 2.24) is 0 Å². The molecular weight excluding hydrogens is 220 g/mol. The third kappa shape index (κ3) is 609. The van der Waals surface area contributed by atoms with E-state index >= 15 is 0 Å². The van der Waals surface area contributed by atoms with Gasteiger partial charge in [0.15, 0.2) is 0 Å². The summed E-state index contributed by atoms with van der Waals surface area (Å²) < 4.78 is 17.1. The van der Waals surface area contributed by atoms with Crippen LogP contribution in [0.4, 0.5) is 0 Å². The van der Waals surface area contributed by atoms with Gasteiger partial charge in [-0.2, -0.15) is 7.82 Å². The summed E-state index contributed by atoms with van der Waals surface area (Å²) in [5.41, 5.74) is 0. The van der Waals surface area contributed by atoms with Crippen LogP contribution in [0.2, 0.25) is 0 Å². The van der Waals surface area contributed by atoms with E-state index in [2.05, 4.69) is 0 Å². The molecule has 0 bridgehead atoms. The third-order valence-corrected chi connectivity index (χ3v) is 0. The third-order valence-electron chi connectivity index (χ3n) is 0. The van der Waals surface area contributed by atoms with E-state index in [1.54, 1.807) is 0 Å². The predicted molar refractivity (Wildman–Crippen MR) is 25.6 cm³/mol. The molecule has 0 aromatic heterocycles. The average Bonchev–Trinajstić information content (AvgIpc) is 1.19. The molecule has 0 rings (SSSR count). The Kier molecular flexibility index (Phi) is 23.3. The van der Waals surface area contributed by atoms with E-state index in [0.29, 0.717) is 0 Å². The van der Waals surface area contributed by atoms with E-state index in [4.69, 9.17) is 33.3 Å². The predicted octanol–water partition coefficient (Wildman–Crippen LogP) is -6.46. The van der Waals surface area contributed by atoms with Crippen molar-refractivity contribution < 1.29 is 33.3 Å². The summed E-state index contributed by atoms with van der Waals surface area (Å²) >= 11 is 0. The van der Waals surface area contributed by atoms with Crippen LogP contribution in [0.5, 0.6) is 0 Å². The molecule has 0 aliphatic rings. The van der Waals surface area contributed by atoms with Crippen molar-refractivity contribution in [3.05, 3.63) is 0 Å². The van der Waals surface area contributed by atoms with Crippen LogP contribution in [-0.4, -0.2) is 55.3 Å². The van der Waals surface area contributed by atoms with E-state index < -0.39 is 17.0 Å². The number of hydrogen-bond acceptors (Lipinski definition) is 7. The molecular formula is Mg2O7PSi-. The molecule has 0 saturated heterocycles. The topological polar surface area (TPSA) is 149 Å². The van der Waals surface area contributed by atoms with Gasteiger partial charge in [-0.05, 0) is 0 Å². The Morgan fingerprint density at radius 3 is 1.00 bits per heavy atom. The van der Waals surface area contributed by atoms with Crippen molar-refractivity contribution in [2.75, 3.05) is 0 Å². The Balaban J connectivity index is -0.0000000383. The molecule has 0 saturated carbocycles. The zero-order chi connectivity index (χ0) is 8.08. The summed E-state index contributed by atoms with van der Waals surface area (Å²) in [5, 5.41) is 0. The van der Waals surface area contributed by atoms with Crippen LogP contribution in [-0.2, 0) is 9.03 Å². The van der Waals surface area contributed by atoms with Gasteiger partial charge in [0, 0.05) is 9.17 Å². The normalized spacial score (nSPS) is 7.55. The Morgan fingerprint density at radius 1 is 1.00 bits per heavy atom. The quantitative estimate of drug-likeness (QED) is 0.290. The maximum Gasteiger partial charge on any atom is 2.00 e. The number of phosphoric acid groups is 1. The molecule has 0 aliphatic heterocycles. The zero-order valence-electron chi connectivity index (χ0n) is 5.22. The average molecular weight is 220 g/mol. The van der Waals surface area contributed by atoms with Gasteiger partial charge in [0.05, 0.1) is 0 Å². The molecule has 0 N–H and O–H groups in total. The molecule has 11 heavy (non-hydrogen) atoms. The van der Waals surface area contributed by atoms with Gasteiger partial charge in [-0.3, -0.25) is 0 Å². The summed E-state index contributed by atoms with van der Waals surface area (Å²) in [6, 6.07) is 0. The van der Waals surface area contributed by atoms with Gasteiger partial charge in [0.2, 0.25) is 0 Å². The fourth-order valence-corrected chi connectivity index (χ4v) is 0. The van der Waals surface area contributed by atoms with Gasteiger partial charge in [-0.1, -0.05) is 0 Å². The molecule has 0 atom stereocenters. The van der Waals surface area contributed by atoms with Crippen LogP contribution < -0.4 is 24.3 Å². The second-order valence-corrected chi connectivity index (χ2v) is 2.09. The van der Waals surface area contributed by atoms with Crippen LogP contribution in [0.3, 0.4) is 0 Å². The summed E-state index contributed by atoms with van der Waals surface area (Å²) in [6.07, 6.45) is 0. The van der Waals surface area contributed by atoms with E-state index in [-0.39, 0.29) is 46.1 Å². The first-order valence-electron chi connectivity index (χ1n) is 1.34. The Labute approximate surface area is 95.9 Å². The molecule has 0 fully saturated rings. The van der Waals surface area contributed by atoms with Crippen molar-refractivity contribution in [2.45, 2.75) is 0 Å². The fourth-order valence-electron chi connectivity index (χ4n) is 0. The molecule has 0 heterocycles. The van der Waals surface area contributed by atoms with Crippen LogP contribution in [0.15, 0.2) is 0 Å². The van der Waals surface area contributed by atoms with Crippen molar-refractivity contribution in [3.63, 3.8) is 0 Å². The van der Waals surface area contributed by atoms with E-state index in [9.17, 15) is 0 Å². The summed E-state index contributed by atoms with van der Waals surface area (Å²) in [6.45, 7) is 0. The van der Waals surface area contributed by atoms with Crippen LogP contribution in [0.1, 0.15) is 0 Å². The minimum Gasteiger partial charge on any atom is -0.822 e. The summed E-state index contributed by atoms with van der Waals surface area (Å²) in [7, 11) is -9.02. The van der Waals surface area contributed by atoms with Crippen LogP contribution in [0, 0.1) is 0 Å². The molecule has 0 aliphatic carbocycles.